The number of nitro groups is 1. The minimum atomic E-state index is -0.437. The Kier molecular flexibility index (Phi) is 7.43. The quantitative estimate of drug-likeness (QED) is 0.316. The van der Waals surface area contributed by atoms with Crippen LogP contribution in [0.4, 0.5) is 11.4 Å². The Morgan fingerprint density at radius 2 is 1.87 bits per heavy atom. The van der Waals surface area contributed by atoms with Crippen LogP contribution < -0.4 is 15.0 Å². The summed E-state index contributed by atoms with van der Waals surface area (Å²) in [7, 11) is 1.59. The molecule has 0 spiro atoms. The fourth-order valence-electron chi connectivity index (χ4n) is 3.21. The van der Waals surface area contributed by atoms with Crippen LogP contribution in [0.25, 0.3) is 6.08 Å². The van der Waals surface area contributed by atoms with Crippen molar-refractivity contribution < 1.29 is 14.5 Å². The molecule has 162 valence electrons. The first-order valence-corrected chi connectivity index (χ1v) is 10.3. The average molecular weight is 461 g/mol. The summed E-state index contributed by atoms with van der Waals surface area (Å²) < 4.78 is 5.10. The van der Waals surface area contributed by atoms with Gasteiger partial charge in [0, 0.05) is 38.3 Å². The number of carbonyl (C=O) groups is 1. The van der Waals surface area contributed by atoms with E-state index in [9.17, 15) is 14.9 Å². The highest BCUT2D eigenvalue weighted by atomic mass is 35.5. The molecule has 8 nitrogen and oxygen atoms in total. The van der Waals surface area contributed by atoms with Gasteiger partial charge in [0.1, 0.15) is 11.4 Å². The van der Waals surface area contributed by atoms with E-state index in [2.05, 4.69) is 5.32 Å². The monoisotopic (exact) mass is 460 g/mol. The molecule has 2 aromatic rings. The zero-order valence-corrected chi connectivity index (χ0v) is 18.4. The molecule has 0 unspecified atom stereocenters. The third-order valence-corrected chi connectivity index (χ3v) is 5.48. The number of carbonyl (C=O) groups excluding carboxylic acids is 1. The lowest BCUT2D eigenvalue weighted by molar-refractivity contribution is -0.384. The minimum Gasteiger partial charge on any atom is -0.497 e. The zero-order chi connectivity index (χ0) is 22.4. The molecule has 0 bridgehead atoms. The number of ether oxygens (including phenoxy) is 1. The maximum atomic E-state index is 12.2. The molecule has 3 rings (SSSR count). The van der Waals surface area contributed by atoms with Crippen LogP contribution in [-0.2, 0) is 4.79 Å². The number of para-hydroxylation sites is 1. The molecule has 2 aromatic carbocycles. The Bertz CT molecular complexity index is 1000. The van der Waals surface area contributed by atoms with Crippen LogP contribution in [0.2, 0.25) is 5.02 Å². The molecule has 1 aliphatic heterocycles. The number of hydrogen-bond acceptors (Lipinski definition) is 6. The van der Waals surface area contributed by atoms with Crippen molar-refractivity contribution in [2.24, 2.45) is 0 Å². The van der Waals surface area contributed by atoms with Gasteiger partial charge < -0.3 is 14.5 Å². The molecule has 0 aliphatic carbocycles. The van der Waals surface area contributed by atoms with Crippen molar-refractivity contribution in [2.45, 2.75) is 0 Å². The maximum absolute atomic E-state index is 12.2. The lowest BCUT2D eigenvalue weighted by Gasteiger charge is -2.37. The molecule has 1 heterocycles. The Hall–Kier alpha value is -3.17. The Labute approximate surface area is 190 Å². The number of amides is 1. The van der Waals surface area contributed by atoms with Gasteiger partial charge in [0.05, 0.1) is 17.1 Å². The minimum absolute atomic E-state index is 0.0273. The lowest BCUT2D eigenvalue weighted by atomic mass is 10.2. The van der Waals surface area contributed by atoms with E-state index in [1.165, 1.54) is 12.1 Å². The Morgan fingerprint density at radius 3 is 2.48 bits per heavy atom. The highest BCUT2D eigenvalue weighted by Crippen LogP contribution is 2.35. The van der Waals surface area contributed by atoms with Crippen molar-refractivity contribution in [3.05, 3.63) is 69.2 Å². The molecule has 1 saturated heterocycles. The number of halogens is 1. The molecular weight excluding hydrogens is 440 g/mol. The van der Waals surface area contributed by atoms with Gasteiger partial charge in [0.2, 0.25) is 5.91 Å². The van der Waals surface area contributed by atoms with E-state index in [-0.39, 0.29) is 11.6 Å². The van der Waals surface area contributed by atoms with Crippen LogP contribution in [-0.4, -0.2) is 54.1 Å². The SMILES string of the molecule is COc1ccc(/C=C/C(=O)NC(=S)N2CCN(c3c(Cl)cccc3[N+](=O)[O-])CC2)cc1. The smallest absolute Gasteiger partial charge is 0.294 e. The van der Waals surface area contributed by atoms with Gasteiger partial charge in [0.15, 0.2) is 5.11 Å². The fraction of sp³-hybridized carbons (Fsp3) is 0.238. The van der Waals surface area contributed by atoms with Gasteiger partial charge in [-0.25, -0.2) is 0 Å². The van der Waals surface area contributed by atoms with Gasteiger partial charge >= 0.3 is 0 Å². The van der Waals surface area contributed by atoms with Crippen LogP contribution >= 0.6 is 23.8 Å². The number of nitrogens with zero attached hydrogens (tertiary/aromatic N) is 3. The average Bonchev–Trinajstić information content (AvgIpc) is 2.78. The number of methoxy groups -OCH3 is 1. The second kappa shape index (κ2) is 10.2. The fourth-order valence-corrected chi connectivity index (χ4v) is 3.78. The normalized spacial score (nSPS) is 13.9. The summed E-state index contributed by atoms with van der Waals surface area (Å²) in [5.41, 5.74) is 1.24. The summed E-state index contributed by atoms with van der Waals surface area (Å²) >= 11 is 11.6. The standard InChI is InChI=1S/C21H21ClN4O4S/c1-30-16-8-5-15(6-9-16)7-10-19(27)23-21(31)25-13-11-24(12-14-25)20-17(22)3-2-4-18(20)26(28)29/h2-10H,11-14H2,1H3,(H,23,27,31)/b10-7+. The number of rotatable bonds is 5. The van der Waals surface area contributed by atoms with Crippen LogP contribution in [0, 0.1) is 10.1 Å². The van der Waals surface area contributed by atoms with Crippen LogP contribution in [0.15, 0.2) is 48.5 Å². The molecule has 0 saturated carbocycles. The summed E-state index contributed by atoms with van der Waals surface area (Å²) in [4.78, 5) is 26.8. The first-order chi connectivity index (χ1) is 14.9. The molecule has 1 N–H and O–H groups in total. The van der Waals surface area contributed by atoms with E-state index in [0.717, 1.165) is 11.3 Å². The molecule has 10 heteroatoms. The lowest BCUT2D eigenvalue weighted by Crippen LogP contribution is -2.52. The van der Waals surface area contributed by atoms with E-state index in [0.29, 0.717) is 42.0 Å². The maximum Gasteiger partial charge on any atom is 0.294 e. The van der Waals surface area contributed by atoms with Crippen molar-refractivity contribution in [3.8, 4) is 5.75 Å². The molecule has 0 atom stereocenters. The Balaban J connectivity index is 1.55. The molecule has 1 aliphatic rings. The number of hydrogen-bond donors (Lipinski definition) is 1. The molecule has 31 heavy (non-hydrogen) atoms. The van der Waals surface area contributed by atoms with E-state index < -0.39 is 4.92 Å². The van der Waals surface area contributed by atoms with E-state index in [1.807, 2.05) is 34.1 Å². The summed E-state index contributed by atoms with van der Waals surface area (Å²) in [5.74, 6) is 0.411. The van der Waals surface area contributed by atoms with Gasteiger partial charge in [-0.3, -0.25) is 20.2 Å². The van der Waals surface area contributed by atoms with Gasteiger partial charge in [-0.05, 0) is 42.1 Å². The van der Waals surface area contributed by atoms with Gasteiger partial charge in [-0.1, -0.05) is 29.8 Å². The first-order valence-electron chi connectivity index (χ1n) is 9.49. The van der Waals surface area contributed by atoms with Crippen LogP contribution in [0.1, 0.15) is 5.56 Å². The number of anilines is 1. The van der Waals surface area contributed by atoms with Crippen molar-refractivity contribution in [1.82, 2.24) is 10.2 Å². The predicted molar refractivity (Wildman–Crippen MR) is 125 cm³/mol. The molecule has 0 aromatic heterocycles. The highest BCUT2D eigenvalue weighted by molar-refractivity contribution is 7.80. The molecule has 0 radical (unpaired) electrons. The number of benzene rings is 2. The number of nitro benzene ring substituents is 1. The van der Waals surface area contributed by atoms with Crippen molar-refractivity contribution in [2.75, 3.05) is 38.2 Å². The number of nitrogens with one attached hydrogen (secondary N) is 1. The summed E-state index contributed by atoms with van der Waals surface area (Å²) in [6, 6.07) is 11.9. The van der Waals surface area contributed by atoms with Crippen molar-refractivity contribution >= 4 is 52.3 Å². The van der Waals surface area contributed by atoms with Gasteiger partial charge in [0.25, 0.3) is 5.69 Å². The second-order valence-corrected chi connectivity index (χ2v) is 7.53. The summed E-state index contributed by atoms with van der Waals surface area (Å²) in [6.07, 6.45) is 3.10. The highest BCUT2D eigenvalue weighted by Gasteiger charge is 2.27. The summed E-state index contributed by atoms with van der Waals surface area (Å²) in [6.45, 7) is 1.98. The topological polar surface area (TPSA) is 88.0 Å². The predicted octanol–water partition coefficient (Wildman–Crippen LogP) is 3.49. The van der Waals surface area contributed by atoms with E-state index >= 15 is 0 Å². The number of piperazine rings is 1. The van der Waals surface area contributed by atoms with E-state index in [4.69, 9.17) is 28.6 Å². The first kappa shape index (κ1) is 22.5. The van der Waals surface area contributed by atoms with E-state index in [1.54, 1.807) is 25.3 Å². The molecule has 1 fully saturated rings. The largest absolute Gasteiger partial charge is 0.497 e. The van der Waals surface area contributed by atoms with Crippen LogP contribution in [0.3, 0.4) is 0 Å². The van der Waals surface area contributed by atoms with Crippen molar-refractivity contribution in [3.63, 3.8) is 0 Å². The van der Waals surface area contributed by atoms with Gasteiger partial charge in [-0.2, -0.15) is 0 Å². The number of thiocarbonyl (C=S) groups is 1. The molecule has 1 amide bonds. The zero-order valence-electron chi connectivity index (χ0n) is 16.8. The third-order valence-electron chi connectivity index (χ3n) is 4.82. The second-order valence-electron chi connectivity index (χ2n) is 6.74. The molecular formula is C21H21ClN4O4S. The third kappa shape index (κ3) is 5.71. The van der Waals surface area contributed by atoms with Crippen molar-refractivity contribution in [1.29, 1.82) is 0 Å². The van der Waals surface area contributed by atoms with Crippen LogP contribution in [0.5, 0.6) is 5.75 Å². The summed E-state index contributed by atoms with van der Waals surface area (Å²) in [5, 5.41) is 14.7. The van der Waals surface area contributed by atoms with Gasteiger partial charge in [-0.15, -0.1) is 0 Å². The Morgan fingerprint density at radius 1 is 1.19 bits per heavy atom.